The first kappa shape index (κ1) is 13.0. The zero-order valence-corrected chi connectivity index (χ0v) is 9.80. The second-order valence-corrected chi connectivity index (χ2v) is 3.18. The Balaban J connectivity index is 2.69. The van der Waals surface area contributed by atoms with Gasteiger partial charge in [-0.2, -0.15) is 0 Å². The monoisotopic (exact) mass is 234 g/mol. The van der Waals surface area contributed by atoms with Crippen molar-refractivity contribution in [3.8, 4) is 5.75 Å². The van der Waals surface area contributed by atoms with E-state index in [0.29, 0.717) is 17.9 Å². The van der Waals surface area contributed by atoms with E-state index in [9.17, 15) is 9.59 Å². The molecule has 1 rings (SSSR count). The largest absolute Gasteiger partial charge is 0.494 e. The Morgan fingerprint density at radius 1 is 1.18 bits per heavy atom. The molecule has 17 heavy (non-hydrogen) atoms. The van der Waals surface area contributed by atoms with E-state index in [1.165, 1.54) is 13.2 Å². The average molecular weight is 234 g/mol. The minimum atomic E-state index is -0.552. The molecule has 90 valence electrons. The molecule has 0 atom stereocenters. The summed E-state index contributed by atoms with van der Waals surface area (Å²) in [5.74, 6) is -0.0938. The molecule has 4 heteroatoms. The van der Waals surface area contributed by atoms with Crippen molar-refractivity contribution in [2.24, 2.45) is 0 Å². The summed E-state index contributed by atoms with van der Waals surface area (Å²) in [6.07, 6.45) is 2.28. The quantitative estimate of drug-likeness (QED) is 0.444. The lowest BCUT2D eigenvalue weighted by atomic mass is 10.1. The first-order valence-corrected chi connectivity index (χ1v) is 5.20. The molecular formula is C13H14O4. The standard InChI is InChI=1S/C13H14O4/c1-3-17-11-6-4-10(5-7-11)12(14)8-9-13(15)16-2/h4-9H,3H2,1-2H3/b9-8+. The molecule has 0 aliphatic carbocycles. The molecule has 4 nitrogen and oxygen atoms in total. The van der Waals surface area contributed by atoms with E-state index in [1.807, 2.05) is 6.92 Å². The summed E-state index contributed by atoms with van der Waals surface area (Å²) in [5.41, 5.74) is 0.494. The van der Waals surface area contributed by atoms with Crippen molar-refractivity contribution < 1.29 is 19.1 Å². The van der Waals surface area contributed by atoms with Crippen molar-refractivity contribution in [3.05, 3.63) is 42.0 Å². The molecule has 0 heterocycles. The van der Waals surface area contributed by atoms with Gasteiger partial charge in [-0.15, -0.1) is 0 Å². The van der Waals surface area contributed by atoms with Gasteiger partial charge in [-0.25, -0.2) is 4.79 Å². The van der Waals surface area contributed by atoms with Crippen LogP contribution in [0.4, 0.5) is 0 Å². The Kier molecular flexibility index (Phi) is 4.94. The van der Waals surface area contributed by atoms with Crippen molar-refractivity contribution in [1.82, 2.24) is 0 Å². The Hall–Kier alpha value is -2.10. The van der Waals surface area contributed by atoms with E-state index in [1.54, 1.807) is 24.3 Å². The van der Waals surface area contributed by atoms with Crippen LogP contribution in [-0.4, -0.2) is 25.5 Å². The summed E-state index contributed by atoms with van der Waals surface area (Å²) in [7, 11) is 1.26. The van der Waals surface area contributed by atoms with Gasteiger partial charge in [0.15, 0.2) is 5.78 Å². The molecule has 0 aromatic heterocycles. The van der Waals surface area contributed by atoms with Crippen LogP contribution in [0.3, 0.4) is 0 Å². The SMILES string of the molecule is CCOc1ccc(C(=O)/C=C/C(=O)OC)cc1. The average Bonchev–Trinajstić information content (AvgIpc) is 2.36. The van der Waals surface area contributed by atoms with Gasteiger partial charge in [-0.05, 0) is 37.3 Å². The van der Waals surface area contributed by atoms with Crippen LogP contribution in [0.25, 0.3) is 0 Å². The highest BCUT2D eigenvalue weighted by atomic mass is 16.5. The summed E-state index contributed by atoms with van der Waals surface area (Å²) in [5, 5.41) is 0. The number of carbonyl (C=O) groups excluding carboxylic acids is 2. The summed E-state index contributed by atoms with van der Waals surface area (Å²) in [4.78, 5) is 22.4. The van der Waals surface area contributed by atoms with E-state index in [2.05, 4.69) is 4.74 Å². The van der Waals surface area contributed by atoms with Gasteiger partial charge in [0.25, 0.3) is 0 Å². The van der Waals surface area contributed by atoms with Gasteiger partial charge >= 0.3 is 5.97 Å². The van der Waals surface area contributed by atoms with Crippen molar-refractivity contribution in [2.45, 2.75) is 6.92 Å². The highest BCUT2D eigenvalue weighted by Gasteiger charge is 2.03. The second kappa shape index (κ2) is 6.48. The van der Waals surface area contributed by atoms with Crippen molar-refractivity contribution in [1.29, 1.82) is 0 Å². The molecule has 0 bridgehead atoms. The third-order valence-corrected chi connectivity index (χ3v) is 2.02. The van der Waals surface area contributed by atoms with E-state index in [4.69, 9.17) is 4.74 Å². The number of ketones is 1. The maximum Gasteiger partial charge on any atom is 0.330 e. The summed E-state index contributed by atoms with van der Waals surface area (Å²) in [6, 6.07) is 6.72. The zero-order chi connectivity index (χ0) is 12.7. The van der Waals surface area contributed by atoms with Gasteiger partial charge in [-0.1, -0.05) is 0 Å². The lowest BCUT2D eigenvalue weighted by molar-refractivity contribution is -0.134. The van der Waals surface area contributed by atoms with Gasteiger partial charge < -0.3 is 9.47 Å². The lowest BCUT2D eigenvalue weighted by Crippen LogP contribution is -1.99. The number of allylic oxidation sites excluding steroid dienone is 1. The van der Waals surface area contributed by atoms with Gasteiger partial charge in [-0.3, -0.25) is 4.79 Å². The smallest absolute Gasteiger partial charge is 0.330 e. The minimum absolute atomic E-state index is 0.251. The van der Waals surface area contributed by atoms with Crippen LogP contribution in [0.5, 0.6) is 5.75 Å². The summed E-state index contributed by atoms with van der Waals surface area (Å²) in [6.45, 7) is 2.47. The third kappa shape index (κ3) is 4.10. The second-order valence-electron chi connectivity index (χ2n) is 3.18. The van der Waals surface area contributed by atoms with E-state index < -0.39 is 5.97 Å². The molecular weight excluding hydrogens is 220 g/mol. The fourth-order valence-electron chi connectivity index (χ4n) is 1.19. The molecule has 0 unspecified atom stereocenters. The molecule has 1 aromatic carbocycles. The van der Waals surface area contributed by atoms with E-state index in [0.717, 1.165) is 6.08 Å². The molecule has 0 fully saturated rings. The molecule has 0 aliphatic rings. The fraction of sp³-hybridized carbons (Fsp3) is 0.231. The molecule has 0 N–H and O–H groups in total. The maximum atomic E-state index is 11.6. The molecule has 0 amide bonds. The fourth-order valence-corrected chi connectivity index (χ4v) is 1.19. The third-order valence-electron chi connectivity index (χ3n) is 2.02. The molecule has 0 radical (unpaired) electrons. The predicted octanol–water partition coefficient (Wildman–Crippen LogP) is 2.00. The number of benzene rings is 1. The molecule has 0 saturated carbocycles. The van der Waals surface area contributed by atoms with Gasteiger partial charge in [0.05, 0.1) is 13.7 Å². The Bertz CT molecular complexity index is 418. The van der Waals surface area contributed by atoms with Gasteiger partial charge in [0.1, 0.15) is 5.75 Å². The minimum Gasteiger partial charge on any atom is -0.494 e. The topological polar surface area (TPSA) is 52.6 Å². The van der Waals surface area contributed by atoms with Crippen molar-refractivity contribution in [2.75, 3.05) is 13.7 Å². The van der Waals surface area contributed by atoms with Crippen molar-refractivity contribution >= 4 is 11.8 Å². The van der Waals surface area contributed by atoms with Crippen LogP contribution in [0.2, 0.25) is 0 Å². The van der Waals surface area contributed by atoms with Crippen LogP contribution < -0.4 is 4.74 Å². The number of rotatable bonds is 5. The van der Waals surface area contributed by atoms with Crippen molar-refractivity contribution in [3.63, 3.8) is 0 Å². The first-order chi connectivity index (χ1) is 8.17. The lowest BCUT2D eigenvalue weighted by Gasteiger charge is -2.02. The van der Waals surface area contributed by atoms with Crippen LogP contribution in [0, 0.1) is 0 Å². The molecule has 0 spiro atoms. The number of ether oxygens (including phenoxy) is 2. The Morgan fingerprint density at radius 2 is 1.82 bits per heavy atom. The summed E-state index contributed by atoms with van der Waals surface area (Å²) < 4.78 is 9.64. The van der Waals surface area contributed by atoms with Crippen LogP contribution in [0.1, 0.15) is 17.3 Å². The number of carbonyl (C=O) groups is 2. The predicted molar refractivity (Wildman–Crippen MR) is 63.1 cm³/mol. The Morgan fingerprint density at radius 3 is 2.35 bits per heavy atom. The van der Waals surface area contributed by atoms with Gasteiger partial charge in [0.2, 0.25) is 0 Å². The maximum absolute atomic E-state index is 11.6. The van der Waals surface area contributed by atoms with E-state index >= 15 is 0 Å². The number of methoxy groups -OCH3 is 1. The van der Waals surface area contributed by atoms with E-state index in [-0.39, 0.29) is 5.78 Å². The van der Waals surface area contributed by atoms with Gasteiger partial charge in [0, 0.05) is 11.6 Å². The first-order valence-electron chi connectivity index (χ1n) is 5.20. The molecule has 0 saturated heterocycles. The summed E-state index contributed by atoms with van der Waals surface area (Å²) >= 11 is 0. The highest BCUT2D eigenvalue weighted by Crippen LogP contribution is 2.12. The zero-order valence-electron chi connectivity index (χ0n) is 9.80. The molecule has 0 aliphatic heterocycles. The van der Waals surface area contributed by atoms with Crippen LogP contribution in [-0.2, 0) is 9.53 Å². The van der Waals surface area contributed by atoms with Crippen LogP contribution >= 0.6 is 0 Å². The molecule has 1 aromatic rings. The van der Waals surface area contributed by atoms with Crippen LogP contribution in [0.15, 0.2) is 36.4 Å². The normalized spacial score (nSPS) is 10.2. The Labute approximate surface area is 99.8 Å². The number of esters is 1. The number of hydrogen-bond acceptors (Lipinski definition) is 4. The highest BCUT2D eigenvalue weighted by molar-refractivity contribution is 6.07. The number of hydrogen-bond donors (Lipinski definition) is 0.